The van der Waals surface area contributed by atoms with Crippen LogP contribution in [0.25, 0.3) is 0 Å². The molecule has 0 radical (unpaired) electrons. The zero-order valence-electron chi connectivity index (χ0n) is 11.7. The van der Waals surface area contributed by atoms with Crippen LogP contribution in [0.1, 0.15) is 24.0 Å². The van der Waals surface area contributed by atoms with Crippen molar-refractivity contribution in [1.29, 1.82) is 0 Å². The normalized spacial score (nSPS) is 14.6. The maximum absolute atomic E-state index is 6.35. The second-order valence-corrected chi connectivity index (χ2v) is 6.94. The molecule has 2 N–H and O–H groups in total. The first kappa shape index (κ1) is 14.9. The number of anilines is 1. The second kappa shape index (κ2) is 6.39. The highest BCUT2D eigenvalue weighted by Gasteiger charge is 2.29. The summed E-state index contributed by atoms with van der Waals surface area (Å²) in [6, 6.07) is 14.9. The van der Waals surface area contributed by atoms with Gasteiger partial charge >= 0.3 is 0 Å². The van der Waals surface area contributed by atoms with Crippen LogP contribution < -0.4 is 5.73 Å². The number of halogens is 2. The van der Waals surface area contributed by atoms with Crippen molar-refractivity contribution in [2.75, 3.05) is 5.73 Å². The molecule has 0 spiro atoms. The molecule has 2 aromatic carbocycles. The van der Waals surface area contributed by atoms with Crippen LogP contribution in [-0.4, -0.2) is 10.9 Å². The van der Waals surface area contributed by atoms with E-state index in [1.165, 1.54) is 24.0 Å². The first-order chi connectivity index (χ1) is 10.1. The number of nitrogen functional groups attached to an aromatic ring is 1. The molecular weight excluding hydrogens is 348 g/mol. The van der Waals surface area contributed by atoms with Gasteiger partial charge in [-0.3, -0.25) is 4.90 Å². The fourth-order valence-electron chi connectivity index (χ4n) is 2.48. The third-order valence-electron chi connectivity index (χ3n) is 3.82. The van der Waals surface area contributed by atoms with Crippen LogP contribution in [0.3, 0.4) is 0 Å². The van der Waals surface area contributed by atoms with Gasteiger partial charge in [0.1, 0.15) is 0 Å². The van der Waals surface area contributed by atoms with Crippen molar-refractivity contribution in [1.82, 2.24) is 4.90 Å². The van der Waals surface area contributed by atoms with Gasteiger partial charge in [0.2, 0.25) is 0 Å². The van der Waals surface area contributed by atoms with E-state index >= 15 is 0 Å². The maximum atomic E-state index is 6.35. The largest absolute Gasteiger partial charge is 0.399 e. The van der Waals surface area contributed by atoms with Crippen LogP contribution in [0.4, 0.5) is 5.69 Å². The number of benzene rings is 2. The highest BCUT2D eigenvalue weighted by atomic mass is 79.9. The van der Waals surface area contributed by atoms with Crippen molar-refractivity contribution in [2.45, 2.75) is 32.0 Å². The fourth-order valence-corrected chi connectivity index (χ4v) is 3.21. The zero-order valence-corrected chi connectivity index (χ0v) is 14.1. The SMILES string of the molecule is Nc1ccc(CN(Cc2ccc(Br)cc2Cl)C2CC2)cc1. The minimum Gasteiger partial charge on any atom is -0.399 e. The van der Waals surface area contributed by atoms with Gasteiger partial charge in [-0.15, -0.1) is 0 Å². The number of rotatable bonds is 5. The van der Waals surface area contributed by atoms with E-state index < -0.39 is 0 Å². The van der Waals surface area contributed by atoms with Gasteiger partial charge in [-0.2, -0.15) is 0 Å². The lowest BCUT2D eigenvalue weighted by Crippen LogP contribution is -2.25. The summed E-state index contributed by atoms with van der Waals surface area (Å²) in [7, 11) is 0. The topological polar surface area (TPSA) is 29.3 Å². The summed E-state index contributed by atoms with van der Waals surface area (Å²) >= 11 is 9.80. The van der Waals surface area contributed by atoms with Gasteiger partial charge in [0.25, 0.3) is 0 Å². The Labute approximate surface area is 139 Å². The lowest BCUT2D eigenvalue weighted by Gasteiger charge is -2.23. The lowest BCUT2D eigenvalue weighted by atomic mass is 10.1. The molecule has 21 heavy (non-hydrogen) atoms. The highest BCUT2D eigenvalue weighted by Crippen LogP contribution is 2.32. The molecular formula is C17H18BrClN2. The summed E-state index contributed by atoms with van der Waals surface area (Å²) in [6.45, 7) is 1.83. The number of nitrogens with two attached hydrogens (primary N) is 1. The van der Waals surface area contributed by atoms with Gasteiger partial charge in [-0.25, -0.2) is 0 Å². The molecule has 110 valence electrons. The summed E-state index contributed by atoms with van der Waals surface area (Å²) < 4.78 is 1.02. The molecule has 0 amide bonds. The zero-order chi connectivity index (χ0) is 14.8. The van der Waals surface area contributed by atoms with Crippen LogP contribution in [0, 0.1) is 0 Å². The molecule has 1 aliphatic rings. The molecule has 0 aromatic heterocycles. The van der Waals surface area contributed by atoms with Gasteiger partial charge in [0, 0.05) is 34.3 Å². The summed E-state index contributed by atoms with van der Waals surface area (Å²) in [5.74, 6) is 0. The Morgan fingerprint density at radius 3 is 2.43 bits per heavy atom. The molecule has 1 saturated carbocycles. The Kier molecular flexibility index (Phi) is 4.53. The van der Waals surface area contributed by atoms with Crippen molar-refractivity contribution < 1.29 is 0 Å². The van der Waals surface area contributed by atoms with Gasteiger partial charge in [-0.1, -0.05) is 45.7 Å². The monoisotopic (exact) mass is 364 g/mol. The van der Waals surface area contributed by atoms with Crippen molar-refractivity contribution in [3.63, 3.8) is 0 Å². The molecule has 2 nitrogen and oxygen atoms in total. The molecule has 1 fully saturated rings. The Balaban J connectivity index is 1.74. The van der Waals surface area contributed by atoms with E-state index in [0.29, 0.717) is 6.04 Å². The first-order valence-electron chi connectivity index (χ1n) is 7.14. The molecule has 2 aromatic rings. The van der Waals surface area contributed by atoms with Gasteiger partial charge in [0.15, 0.2) is 0 Å². The minimum atomic E-state index is 0.683. The van der Waals surface area contributed by atoms with Crippen LogP contribution in [0.2, 0.25) is 5.02 Å². The second-order valence-electron chi connectivity index (χ2n) is 5.61. The van der Waals surface area contributed by atoms with Crippen LogP contribution >= 0.6 is 27.5 Å². The fraction of sp³-hybridized carbons (Fsp3) is 0.294. The molecule has 0 atom stereocenters. The third-order valence-corrected chi connectivity index (χ3v) is 4.66. The number of hydrogen-bond donors (Lipinski definition) is 1. The average molecular weight is 366 g/mol. The number of nitrogens with zero attached hydrogens (tertiary/aromatic N) is 1. The van der Waals surface area contributed by atoms with E-state index in [2.05, 4.69) is 45.1 Å². The molecule has 0 heterocycles. The summed E-state index contributed by atoms with van der Waals surface area (Å²) in [5, 5.41) is 0.826. The molecule has 0 aliphatic heterocycles. The molecule has 0 saturated heterocycles. The Morgan fingerprint density at radius 1 is 1.10 bits per heavy atom. The van der Waals surface area contributed by atoms with E-state index in [1.807, 2.05) is 18.2 Å². The van der Waals surface area contributed by atoms with Crippen molar-refractivity contribution in [2.24, 2.45) is 0 Å². The van der Waals surface area contributed by atoms with Gasteiger partial charge in [-0.05, 0) is 48.2 Å². The van der Waals surface area contributed by atoms with E-state index in [-0.39, 0.29) is 0 Å². The summed E-state index contributed by atoms with van der Waals surface area (Å²) in [6.07, 6.45) is 2.56. The Bertz CT molecular complexity index is 623. The van der Waals surface area contributed by atoms with E-state index in [4.69, 9.17) is 17.3 Å². The molecule has 4 heteroatoms. The quantitative estimate of drug-likeness (QED) is 0.767. The van der Waals surface area contributed by atoms with Crippen molar-refractivity contribution >= 4 is 33.2 Å². The van der Waals surface area contributed by atoms with E-state index in [1.54, 1.807) is 0 Å². The third kappa shape index (κ3) is 4.00. The van der Waals surface area contributed by atoms with Crippen LogP contribution in [0.5, 0.6) is 0 Å². The minimum absolute atomic E-state index is 0.683. The van der Waals surface area contributed by atoms with Crippen molar-refractivity contribution in [3.8, 4) is 0 Å². The molecule has 1 aliphatic carbocycles. The van der Waals surface area contributed by atoms with Gasteiger partial charge in [0.05, 0.1) is 0 Å². The maximum Gasteiger partial charge on any atom is 0.0462 e. The average Bonchev–Trinajstić information content (AvgIpc) is 3.28. The van der Waals surface area contributed by atoms with Crippen LogP contribution in [0.15, 0.2) is 46.9 Å². The lowest BCUT2D eigenvalue weighted by molar-refractivity contribution is 0.246. The first-order valence-corrected chi connectivity index (χ1v) is 8.31. The standard InChI is InChI=1S/C17H18BrClN2/c18-14-4-3-13(17(19)9-14)11-21(16-7-8-16)10-12-1-5-15(20)6-2-12/h1-6,9,16H,7-8,10-11,20H2. The smallest absolute Gasteiger partial charge is 0.0462 e. The highest BCUT2D eigenvalue weighted by molar-refractivity contribution is 9.10. The Hall–Kier alpha value is -1.03. The van der Waals surface area contributed by atoms with E-state index in [0.717, 1.165) is 28.3 Å². The summed E-state index contributed by atoms with van der Waals surface area (Å²) in [5.41, 5.74) is 9.04. The Morgan fingerprint density at radius 2 is 1.81 bits per heavy atom. The molecule has 0 bridgehead atoms. The van der Waals surface area contributed by atoms with E-state index in [9.17, 15) is 0 Å². The number of hydrogen-bond acceptors (Lipinski definition) is 2. The summed E-state index contributed by atoms with van der Waals surface area (Å²) in [4.78, 5) is 2.50. The predicted molar refractivity (Wildman–Crippen MR) is 92.3 cm³/mol. The van der Waals surface area contributed by atoms with Crippen LogP contribution in [-0.2, 0) is 13.1 Å². The van der Waals surface area contributed by atoms with Crippen molar-refractivity contribution in [3.05, 3.63) is 63.1 Å². The predicted octanol–water partition coefficient (Wildman–Crippen LogP) is 4.85. The molecule has 0 unspecified atom stereocenters. The molecule has 3 rings (SSSR count). The van der Waals surface area contributed by atoms with Gasteiger partial charge < -0.3 is 5.73 Å².